The van der Waals surface area contributed by atoms with E-state index in [9.17, 15) is 4.79 Å². The van der Waals surface area contributed by atoms with Crippen LogP contribution in [0.2, 0.25) is 0 Å². The lowest BCUT2D eigenvalue weighted by Gasteiger charge is -2.57. The molecule has 1 aromatic heterocycles. The highest BCUT2D eigenvalue weighted by Crippen LogP contribution is 2.64. The molecule has 6 atom stereocenters. The quantitative estimate of drug-likeness (QED) is 0.215. The summed E-state index contributed by atoms with van der Waals surface area (Å²) in [6.45, 7) is 6.57. The van der Waals surface area contributed by atoms with Gasteiger partial charge in [-0.3, -0.25) is 9.78 Å². The normalized spacial score (nSPS) is 35.6. The van der Waals surface area contributed by atoms with Gasteiger partial charge in [0.05, 0.1) is 11.2 Å². The van der Waals surface area contributed by atoms with Gasteiger partial charge >= 0.3 is 5.97 Å². The van der Waals surface area contributed by atoms with Crippen molar-refractivity contribution in [2.75, 3.05) is 0 Å². The average molecular weight is 466 g/mol. The number of hydrogen-bond acceptors (Lipinski definition) is 3. The lowest BCUT2D eigenvalue weighted by Crippen LogP contribution is -2.51. The van der Waals surface area contributed by atoms with Crippen LogP contribution in [-0.4, -0.2) is 17.1 Å². The largest absolute Gasteiger partial charge is 0.462 e. The second kappa shape index (κ2) is 7.41. The molecule has 0 unspecified atom stereocenters. The third kappa shape index (κ3) is 3.09. The first-order valence-electron chi connectivity index (χ1n) is 13.5. The smallest absolute Gasteiger partial charge is 0.302 e. The summed E-state index contributed by atoms with van der Waals surface area (Å²) in [5, 5.41) is 3.85. The van der Waals surface area contributed by atoms with Crippen molar-refractivity contribution in [3.63, 3.8) is 0 Å². The number of nitrogens with zero attached hydrogens (tertiary/aromatic N) is 1. The molecular formula is C32H35NO2. The van der Waals surface area contributed by atoms with Gasteiger partial charge in [0.15, 0.2) is 0 Å². The molecule has 180 valence electrons. The maximum atomic E-state index is 11.6. The number of fused-ring (bicyclic) bond motifs is 9. The van der Waals surface area contributed by atoms with E-state index in [0.29, 0.717) is 11.8 Å². The van der Waals surface area contributed by atoms with Gasteiger partial charge in [-0.1, -0.05) is 49.8 Å². The molecule has 4 aliphatic carbocycles. The van der Waals surface area contributed by atoms with Crippen molar-refractivity contribution in [3.8, 4) is 0 Å². The zero-order chi connectivity index (χ0) is 23.9. The first kappa shape index (κ1) is 21.6. The summed E-state index contributed by atoms with van der Waals surface area (Å²) in [6, 6.07) is 15.7. The van der Waals surface area contributed by atoms with Crippen molar-refractivity contribution in [2.24, 2.45) is 23.2 Å². The maximum absolute atomic E-state index is 11.6. The van der Waals surface area contributed by atoms with E-state index < -0.39 is 0 Å². The van der Waals surface area contributed by atoms with Gasteiger partial charge in [0, 0.05) is 24.1 Å². The SMILES string of the molecule is CC(=O)O[C@H]1CC[C@@]2(C)C(=CC[C@@H]3[C@@H]2CC[C@]2(C)c4nc5cc6ccccc6cc5cc4C[C@@H]32)C1. The fraction of sp³-hybridized carbons (Fsp3) is 0.500. The maximum Gasteiger partial charge on any atom is 0.302 e. The Hall–Kier alpha value is -2.68. The summed E-state index contributed by atoms with van der Waals surface area (Å²) >= 11 is 0. The molecule has 3 nitrogen and oxygen atoms in total. The van der Waals surface area contributed by atoms with E-state index in [-0.39, 0.29) is 22.9 Å². The van der Waals surface area contributed by atoms with Crippen LogP contribution in [0, 0.1) is 23.2 Å². The predicted molar refractivity (Wildman–Crippen MR) is 140 cm³/mol. The summed E-state index contributed by atoms with van der Waals surface area (Å²) < 4.78 is 5.63. The highest BCUT2D eigenvalue weighted by Gasteiger charge is 2.58. The number of carbonyl (C=O) groups is 1. The molecule has 0 N–H and O–H groups in total. The van der Waals surface area contributed by atoms with Gasteiger partial charge < -0.3 is 4.74 Å². The highest BCUT2D eigenvalue weighted by molar-refractivity contribution is 5.96. The van der Waals surface area contributed by atoms with Crippen molar-refractivity contribution in [2.45, 2.75) is 77.2 Å². The Labute approximate surface area is 208 Å². The third-order valence-electron chi connectivity index (χ3n) is 10.5. The minimum Gasteiger partial charge on any atom is -0.462 e. The fourth-order valence-corrected chi connectivity index (χ4v) is 8.75. The van der Waals surface area contributed by atoms with Gasteiger partial charge in [-0.15, -0.1) is 0 Å². The topological polar surface area (TPSA) is 39.2 Å². The van der Waals surface area contributed by atoms with E-state index in [1.54, 1.807) is 12.5 Å². The van der Waals surface area contributed by atoms with Crippen molar-refractivity contribution in [3.05, 3.63) is 65.4 Å². The molecule has 7 rings (SSSR count). The number of allylic oxidation sites excluding steroid dienone is 1. The molecule has 35 heavy (non-hydrogen) atoms. The van der Waals surface area contributed by atoms with Gasteiger partial charge in [0.25, 0.3) is 0 Å². The third-order valence-corrected chi connectivity index (χ3v) is 10.5. The molecule has 0 aliphatic heterocycles. The van der Waals surface area contributed by atoms with Crippen LogP contribution in [0.5, 0.6) is 0 Å². The summed E-state index contributed by atoms with van der Waals surface area (Å²) in [6.07, 6.45) is 10.5. The van der Waals surface area contributed by atoms with E-state index in [1.165, 1.54) is 46.7 Å². The molecule has 2 fully saturated rings. The molecule has 1 heterocycles. The Kier molecular flexibility index (Phi) is 4.57. The van der Waals surface area contributed by atoms with Gasteiger partial charge in [-0.25, -0.2) is 0 Å². The molecule has 0 saturated heterocycles. The van der Waals surface area contributed by atoms with Crippen molar-refractivity contribution < 1.29 is 9.53 Å². The standard InChI is InChI=1S/C32H35NO2/c1-19(34)35-25-10-12-31(2)24(18-25)8-9-26-27(31)11-13-32(3)28(26)16-23-15-22-14-20-6-4-5-7-21(20)17-29(22)33-30(23)32/h4-8,14-15,17,25-28H,9-13,16,18H2,1-3H3/t25-,26+,27-,28-,31-,32-/m0/s1. The highest BCUT2D eigenvalue weighted by atomic mass is 16.5. The lowest BCUT2D eigenvalue weighted by atomic mass is 9.48. The molecular weight excluding hydrogens is 430 g/mol. The molecule has 0 amide bonds. The van der Waals surface area contributed by atoms with E-state index in [1.807, 2.05) is 0 Å². The van der Waals surface area contributed by atoms with Crippen molar-refractivity contribution >= 4 is 27.6 Å². The Bertz CT molecular complexity index is 1410. The van der Waals surface area contributed by atoms with Crippen LogP contribution in [0.15, 0.2) is 54.1 Å². The number of benzene rings is 2. The number of pyridine rings is 1. The van der Waals surface area contributed by atoms with Crippen LogP contribution >= 0.6 is 0 Å². The van der Waals surface area contributed by atoms with Crippen LogP contribution < -0.4 is 0 Å². The Morgan fingerprint density at radius 3 is 2.51 bits per heavy atom. The zero-order valence-electron chi connectivity index (χ0n) is 21.1. The number of carbonyl (C=O) groups excluding carboxylic acids is 1. The van der Waals surface area contributed by atoms with Crippen LogP contribution in [0.1, 0.15) is 70.6 Å². The minimum absolute atomic E-state index is 0.0695. The molecule has 3 heteroatoms. The average Bonchev–Trinajstić information content (AvgIpc) is 3.12. The fourth-order valence-electron chi connectivity index (χ4n) is 8.75. The number of rotatable bonds is 1. The predicted octanol–water partition coefficient (Wildman–Crippen LogP) is 7.30. The lowest BCUT2D eigenvalue weighted by molar-refractivity contribution is -0.148. The van der Waals surface area contributed by atoms with Crippen LogP contribution in [0.4, 0.5) is 0 Å². The van der Waals surface area contributed by atoms with E-state index in [2.05, 4.69) is 62.4 Å². The number of aromatic nitrogens is 1. The van der Waals surface area contributed by atoms with E-state index in [4.69, 9.17) is 9.72 Å². The summed E-state index contributed by atoms with van der Waals surface area (Å²) in [5.74, 6) is 1.96. The van der Waals surface area contributed by atoms with E-state index in [0.717, 1.165) is 37.1 Å². The molecule has 2 saturated carbocycles. The van der Waals surface area contributed by atoms with Crippen molar-refractivity contribution in [1.82, 2.24) is 4.98 Å². The molecule has 2 aromatic carbocycles. The van der Waals surface area contributed by atoms with E-state index >= 15 is 0 Å². The second-order valence-electron chi connectivity index (χ2n) is 12.3. The monoisotopic (exact) mass is 465 g/mol. The molecule has 0 bridgehead atoms. The number of ether oxygens (including phenoxy) is 1. The number of esters is 1. The Morgan fingerprint density at radius 2 is 1.71 bits per heavy atom. The van der Waals surface area contributed by atoms with Gasteiger partial charge in [-0.2, -0.15) is 0 Å². The van der Waals surface area contributed by atoms with Crippen LogP contribution in [0.3, 0.4) is 0 Å². The molecule has 3 aromatic rings. The van der Waals surface area contributed by atoms with Crippen LogP contribution in [0.25, 0.3) is 21.7 Å². The first-order valence-corrected chi connectivity index (χ1v) is 13.5. The zero-order valence-corrected chi connectivity index (χ0v) is 21.1. The van der Waals surface area contributed by atoms with Gasteiger partial charge in [0.1, 0.15) is 6.10 Å². The second-order valence-corrected chi connectivity index (χ2v) is 12.3. The summed E-state index contributed by atoms with van der Waals surface area (Å²) in [7, 11) is 0. The molecule has 4 aliphatic rings. The van der Waals surface area contributed by atoms with Gasteiger partial charge in [0.2, 0.25) is 0 Å². The Balaban J connectivity index is 1.25. The first-order chi connectivity index (χ1) is 16.8. The molecule has 0 radical (unpaired) electrons. The summed E-state index contributed by atoms with van der Waals surface area (Å²) in [4.78, 5) is 16.9. The van der Waals surface area contributed by atoms with Crippen LogP contribution in [-0.2, 0) is 21.4 Å². The summed E-state index contributed by atoms with van der Waals surface area (Å²) in [5.41, 5.74) is 6.00. The Morgan fingerprint density at radius 1 is 0.943 bits per heavy atom. The van der Waals surface area contributed by atoms with Crippen molar-refractivity contribution in [1.29, 1.82) is 0 Å². The minimum atomic E-state index is -0.141. The van der Waals surface area contributed by atoms with Gasteiger partial charge in [-0.05, 0) is 96.2 Å². The molecule has 0 spiro atoms. The number of hydrogen-bond donors (Lipinski definition) is 0.